The fourth-order valence-electron chi connectivity index (χ4n) is 2.57. The van der Waals surface area contributed by atoms with Gasteiger partial charge in [0.15, 0.2) is 0 Å². The van der Waals surface area contributed by atoms with E-state index in [1.807, 2.05) is 12.1 Å². The second-order valence-electron chi connectivity index (χ2n) is 4.52. The van der Waals surface area contributed by atoms with Crippen molar-refractivity contribution in [2.75, 3.05) is 0 Å². The number of thiophene rings is 1. The van der Waals surface area contributed by atoms with Gasteiger partial charge in [-0.1, -0.05) is 51.8 Å². The Labute approximate surface area is 127 Å². The molecule has 0 fully saturated rings. The molecule has 0 atom stereocenters. The molecule has 0 amide bonds. The predicted molar refractivity (Wildman–Crippen MR) is 89.5 cm³/mol. The average Bonchev–Trinajstić information content (AvgIpc) is 2.76. The van der Waals surface area contributed by atoms with E-state index in [4.69, 9.17) is 11.6 Å². The number of hydrogen-bond donors (Lipinski definition) is 0. The first-order valence-electron chi connectivity index (χ1n) is 5.93. The van der Waals surface area contributed by atoms with Crippen molar-refractivity contribution in [2.24, 2.45) is 0 Å². The van der Waals surface area contributed by atoms with Crippen LogP contribution in [-0.2, 0) is 0 Å². The topological polar surface area (TPSA) is 0 Å². The summed E-state index contributed by atoms with van der Waals surface area (Å²) >= 11 is 11.6. The zero-order chi connectivity index (χ0) is 13.0. The molecule has 4 aromatic rings. The van der Waals surface area contributed by atoms with E-state index in [9.17, 15) is 0 Å². The largest absolute Gasteiger partial charge is 0.135 e. The molecule has 0 aliphatic rings. The van der Waals surface area contributed by atoms with E-state index in [-0.39, 0.29) is 0 Å². The highest BCUT2D eigenvalue weighted by molar-refractivity contribution is 9.10. The molecule has 3 heteroatoms. The van der Waals surface area contributed by atoms with E-state index in [0.717, 1.165) is 9.50 Å². The lowest BCUT2D eigenvalue weighted by atomic mass is 10.0. The average molecular weight is 348 g/mol. The van der Waals surface area contributed by atoms with Gasteiger partial charge in [-0.3, -0.25) is 0 Å². The second kappa shape index (κ2) is 4.20. The lowest BCUT2D eigenvalue weighted by Gasteiger charge is -2.03. The molecular formula is C16H8BrClS. The SMILES string of the molecule is Clc1ccc2c(c1)sc1ccc3cccc(Br)c3c12. The molecule has 0 aliphatic heterocycles. The molecule has 4 rings (SSSR count). The van der Waals surface area contributed by atoms with Gasteiger partial charge < -0.3 is 0 Å². The van der Waals surface area contributed by atoms with E-state index >= 15 is 0 Å². The Kier molecular flexibility index (Phi) is 2.59. The highest BCUT2D eigenvalue weighted by Crippen LogP contribution is 2.41. The molecule has 0 saturated carbocycles. The van der Waals surface area contributed by atoms with Gasteiger partial charge in [0.25, 0.3) is 0 Å². The van der Waals surface area contributed by atoms with Crippen LogP contribution in [0.15, 0.2) is 53.0 Å². The molecule has 0 saturated heterocycles. The Balaban J connectivity index is 2.35. The van der Waals surface area contributed by atoms with Gasteiger partial charge in [0.1, 0.15) is 0 Å². The molecule has 0 N–H and O–H groups in total. The van der Waals surface area contributed by atoms with Crippen LogP contribution in [-0.4, -0.2) is 0 Å². The van der Waals surface area contributed by atoms with Crippen molar-refractivity contribution in [3.63, 3.8) is 0 Å². The maximum Gasteiger partial charge on any atom is 0.0420 e. The van der Waals surface area contributed by atoms with Crippen molar-refractivity contribution in [2.45, 2.75) is 0 Å². The molecule has 19 heavy (non-hydrogen) atoms. The van der Waals surface area contributed by atoms with Gasteiger partial charge in [-0.15, -0.1) is 11.3 Å². The third-order valence-electron chi connectivity index (χ3n) is 3.39. The van der Waals surface area contributed by atoms with E-state index in [2.05, 4.69) is 52.3 Å². The van der Waals surface area contributed by atoms with E-state index in [1.54, 1.807) is 11.3 Å². The van der Waals surface area contributed by atoms with Crippen molar-refractivity contribution in [3.8, 4) is 0 Å². The van der Waals surface area contributed by atoms with Crippen molar-refractivity contribution in [3.05, 3.63) is 58.0 Å². The summed E-state index contributed by atoms with van der Waals surface area (Å²) in [6, 6.07) is 16.8. The van der Waals surface area contributed by atoms with Crippen molar-refractivity contribution in [1.82, 2.24) is 0 Å². The van der Waals surface area contributed by atoms with E-state index in [1.165, 1.54) is 30.9 Å². The van der Waals surface area contributed by atoms with Crippen LogP contribution in [0.2, 0.25) is 5.02 Å². The monoisotopic (exact) mass is 346 g/mol. The number of benzene rings is 3. The van der Waals surface area contributed by atoms with Crippen molar-refractivity contribution in [1.29, 1.82) is 0 Å². The van der Waals surface area contributed by atoms with Crippen LogP contribution in [0, 0.1) is 0 Å². The van der Waals surface area contributed by atoms with Crippen LogP contribution >= 0.6 is 38.9 Å². The smallest absolute Gasteiger partial charge is 0.0420 e. The standard InChI is InChI=1S/C16H8BrClS/c17-12-3-1-2-9-4-7-13-16(15(9)12)11-6-5-10(18)8-14(11)19-13/h1-8H. The third kappa shape index (κ3) is 1.71. The number of hydrogen-bond acceptors (Lipinski definition) is 1. The Morgan fingerprint density at radius 2 is 1.79 bits per heavy atom. The Morgan fingerprint density at radius 3 is 2.68 bits per heavy atom. The fourth-order valence-corrected chi connectivity index (χ4v) is 4.54. The number of rotatable bonds is 0. The highest BCUT2D eigenvalue weighted by Gasteiger charge is 2.10. The van der Waals surface area contributed by atoms with Gasteiger partial charge in [-0.25, -0.2) is 0 Å². The summed E-state index contributed by atoms with van der Waals surface area (Å²) in [5.74, 6) is 0. The molecule has 0 unspecified atom stereocenters. The molecule has 0 bridgehead atoms. The molecule has 92 valence electrons. The zero-order valence-corrected chi connectivity index (χ0v) is 12.9. The van der Waals surface area contributed by atoms with Crippen LogP contribution in [0.4, 0.5) is 0 Å². The van der Waals surface area contributed by atoms with E-state index < -0.39 is 0 Å². The second-order valence-corrected chi connectivity index (χ2v) is 6.89. The molecule has 1 heterocycles. The summed E-state index contributed by atoms with van der Waals surface area (Å²) in [7, 11) is 0. The Bertz CT molecular complexity index is 940. The summed E-state index contributed by atoms with van der Waals surface area (Å²) in [4.78, 5) is 0. The lowest BCUT2D eigenvalue weighted by molar-refractivity contribution is 1.76. The molecule has 1 aromatic heterocycles. The molecule has 3 aromatic carbocycles. The van der Waals surface area contributed by atoms with Crippen LogP contribution in [0.25, 0.3) is 30.9 Å². The van der Waals surface area contributed by atoms with Gasteiger partial charge in [0.05, 0.1) is 0 Å². The predicted octanol–water partition coefficient (Wildman–Crippen LogP) is 6.62. The van der Waals surface area contributed by atoms with Crippen LogP contribution in [0.5, 0.6) is 0 Å². The summed E-state index contributed by atoms with van der Waals surface area (Å²) in [5, 5.41) is 5.94. The molecular weight excluding hydrogens is 340 g/mol. The Hall–Kier alpha value is -1.09. The zero-order valence-electron chi connectivity index (χ0n) is 9.78. The van der Waals surface area contributed by atoms with Crippen molar-refractivity contribution < 1.29 is 0 Å². The molecule has 0 nitrogen and oxygen atoms in total. The van der Waals surface area contributed by atoms with Crippen LogP contribution < -0.4 is 0 Å². The fraction of sp³-hybridized carbons (Fsp3) is 0. The van der Waals surface area contributed by atoms with Crippen LogP contribution in [0.1, 0.15) is 0 Å². The quantitative estimate of drug-likeness (QED) is 0.335. The minimum Gasteiger partial charge on any atom is -0.135 e. The summed E-state index contributed by atoms with van der Waals surface area (Å²) < 4.78 is 3.69. The number of fused-ring (bicyclic) bond motifs is 5. The van der Waals surface area contributed by atoms with E-state index in [0.29, 0.717) is 0 Å². The number of halogens is 2. The first-order valence-corrected chi connectivity index (χ1v) is 7.92. The van der Waals surface area contributed by atoms with Crippen molar-refractivity contribution >= 4 is 69.8 Å². The highest BCUT2D eigenvalue weighted by atomic mass is 79.9. The third-order valence-corrected chi connectivity index (χ3v) is 5.40. The van der Waals surface area contributed by atoms with Gasteiger partial charge in [-0.05, 0) is 29.7 Å². The first-order chi connectivity index (χ1) is 9.24. The van der Waals surface area contributed by atoms with Crippen LogP contribution in [0.3, 0.4) is 0 Å². The molecule has 0 aliphatic carbocycles. The maximum atomic E-state index is 6.09. The van der Waals surface area contributed by atoms with Gasteiger partial charge in [0.2, 0.25) is 0 Å². The summed E-state index contributed by atoms with van der Waals surface area (Å²) in [6.07, 6.45) is 0. The molecule has 0 radical (unpaired) electrons. The minimum atomic E-state index is 0.794. The minimum absolute atomic E-state index is 0.794. The Morgan fingerprint density at radius 1 is 0.895 bits per heavy atom. The van der Waals surface area contributed by atoms with Gasteiger partial charge >= 0.3 is 0 Å². The summed E-state index contributed by atoms with van der Waals surface area (Å²) in [5.41, 5.74) is 0. The normalized spacial score (nSPS) is 11.7. The maximum absolute atomic E-state index is 6.09. The molecule has 0 spiro atoms. The first kappa shape index (κ1) is 11.7. The van der Waals surface area contributed by atoms with Gasteiger partial charge in [-0.2, -0.15) is 0 Å². The lowest BCUT2D eigenvalue weighted by Crippen LogP contribution is -1.76. The summed E-state index contributed by atoms with van der Waals surface area (Å²) in [6.45, 7) is 0. The van der Waals surface area contributed by atoms with Gasteiger partial charge in [0, 0.05) is 35.1 Å².